The summed E-state index contributed by atoms with van der Waals surface area (Å²) in [5.74, 6) is 0.0621. The molecule has 2 aliphatic heterocycles. The molecule has 2 saturated carbocycles. The smallest absolute Gasteiger partial charge is 0.303 e. The molecule has 0 radical (unpaired) electrons. The fourth-order valence-electron chi connectivity index (χ4n) is 8.22. The summed E-state index contributed by atoms with van der Waals surface area (Å²) in [5.41, 5.74) is 6.56. The number of halogens is 3. The van der Waals surface area contributed by atoms with Crippen LogP contribution >= 0.6 is 34.8 Å². The first kappa shape index (κ1) is 43.2. The van der Waals surface area contributed by atoms with Crippen molar-refractivity contribution in [3.8, 4) is 0 Å². The van der Waals surface area contributed by atoms with Gasteiger partial charge in [-0.1, -0.05) is 65.0 Å². The molecule has 0 spiro atoms. The van der Waals surface area contributed by atoms with E-state index in [1.165, 1.54) is 52.4 Å². The summed E-state index contributed by atoms with van der Waals surface area (Å²) < 4.78 is 26.5. The van der Waals surface area contributed by atoms with Crippen molar-refractivity contribution in [2.75, 3.05) is 5.32 Å². The van der Waals surface area contributed by atoms with Crippen molar-refractivity contribution in [2.24, 2.45) is 17.6 Å². The normalized spacial score (nSPS) is 27.6. The van der Waals surface area contributed by atoms with Gasteiger partial charge in [-0.25, -0.2) is 14.3 Å². The summed E-state index contributed by atoms with van der Waals surface area (Å²) in [6.45, 7) is 10.9. The third kappa shape index (κ3) is 9.90. The van der Waals surface area contributed by atoms with Crippen LogP contribution in [0.1, 0.15) is 118 Å². The molecule has 4 aromatic heterocycles. The first-order chi connectivity index (χ1) is 27.3. The maximum Gasteiger partial charge on any atom is 0.303 e. The zero-order valence-corrected chi connectivity index (χ0v) is 35.5. The minimum atomic E-state index is -0.585. The van der Waals surface area contributed by atoms with Gasteiger partial charge in [0.25, 0.3) is 0 Å². The Morgan fingerprint density at radius 1 is 0.754 bits per heavy atom. The molecule has 0 bridgehead atoms. The quantitative estimate of drug-likeness (QED) is 0.0998. The van der Waals surface area contributed by atoms with Crippen molar-refractivity contribution in [1.29, 1.82) is 0 Å². The van der Waals surface area contributed by atoms with Gasteiger partial charge in [-0.2, -0.15) is 25.1 Å². The number of esters is 2. The molecule has 4 fully saturated rings. The van der Waals surface area contributed by atoms with Gasteiger partial charge in [0.2, 0.25) is 10.6 Å². The second kappa shape index (κ2) is 19.1. The van der Waals surface area contributed by atoms with Gasteiger partial charge in [0, 0.05) is 37.8 Å². The van der Waals surface area contributed by atoms with Crippen LogP contribution in [0.15, 0.2) is 12.4 Å². The monoisotopic (exact) mass is 850 g/mol. The van der Waals surface area contributed by atoms with Crippen molar-refractivity contribution in [3.63, 3.8) is 0 Å². The largest absolute Gasteiger partial charge is 0.457 e. The Labute approximate surface area is 347 Å². The molecule has 2 aliphatic carbocycles. The average molecular weight is 852 g/mol. The molecule has 19 heteroatoms. The van der Waals surface area contributed by atoms with E-state index in [0.29, 0.717) is 34.6 Å². The van der Waals surface area contributed by atoms with E-state index in [-0.39, 0.29) is 51.7 Å². The third-order valence-corrected chi connectivity index (χ3v) is 11.8. The highest BCUT2D eigenvalue weighted by atomic mass is 35.5. The number of aromatic nitrogens is 8. The molecule has 8 atom stereocenters. The number of ether oxygens (including phenoxy) is 4. The predicted molar refractivity (Wildman–Crippen MR) is 216 cm³/mol. The van der Waals surface area contributed by atoms with E-state index < -0.39 is 24.7 Å². The molecule has 0 aromatic carbocycles. The van der Waals surface area contributed by atoms with E-state index in [1.54, 1.807) is 21.8 Å². The Bertz CT molecular complexity index is 2000. The van der Waals surface area contributed by atoms with Crippen LogP contribution in [-0.2, 0) is 28.5 Å². The zero-order chi connectivity index (χ0) is 41.0. The number of nitrogens with one attached hydrogen (secondary N) is 1. The van der Waals surface area contributed by atoms with E-state index in [0.717, 1.165) is 31.1 Å². The highest BCUT2D eigenvalue weighted by molar-refractivity contribution is 6.35. The maximum atomic E-state index is 11.7. The molecule has 4 aromatic rings. The Kier molecular flexibility index (Phi) is 14.5. The number of hydrogen-bond donors (Lipinski definition) is 2. The minimum absolute atomic E-state index is 0.0198. The lowest BCUT2D eigenvalue weighted by Crippen LogP contribution is -2.30. The fourth-order valence-corrected chi connectivity index (χ4v) is 8.80. The Hall–Kier alpha value is -3.41. The van der Waals surface area contributed by atoms with Crippen molar-refractivity contribution in [3.05, 3.63) is 28.1 Å². The second-order valence-electron chi connectivity index (χ2n) is 15.3. The summed E-state index contributed by atoms with van der Waals surface area (Å²) in [4.78, 5) is 40.0. The summed E-state index contributed by atoms with van der Waals surface area (Å²) >= 11 is 18.2. The number of carbonyl (C=O) groups excluding carboxylic acids is 2. The van der Waals surface area contributed by atoms with Crippen LogP contribution in [0.3, 0.4) is 0 Å². The molecule has 8 rings (SSSR count). The van der Waals surface area contributed by atoms with Crippen molar-refractivity contribution < 1.29 is 28.5 Å². The maximum absolute atomic E-state index is 11.7. The van der Waals surface area contributed by atoms with Crippen molar-refractivity contribution >= 4 is 74.6 Å². The Balaban J connectivity index is 0.000000170. The van der Waals surface area contributed by atoms with Gasteiger partial charge in [-0.3, -0.25) is 9.59 Å². The topological polar surface area (TPSA) is 196 Å². The Morgan fingerprint density at radius 2 is 1.21 bits per heavy atom. The lowest BCUT2D eigenvalue weighted by atomic mass is 9.98. The molecule has 312 valence electrons. The van der Waals surface area contributed by atoms with Crippen LogP contribution in [0.2, 0.25) is 15.7 Å². The predicted octanol–water partition coefficient (Wildman–Crippen LogP) is 7.61. The fraction of sp³-hybridized carbons (Fsp3) is 0.684. The van der Waals surface area contributed by atoms with E-state index in [1.807, 2.05) is 20.8 Å². The van der Waals surface area contributed by atoms with Crippen molar-refractivity contribution in [1.82, 2.24) is 39.5 Å². The summed E-state index contributed by atoms with van der Waals surface area (Å²) in [6, 6.07) is 0.934. The molecule has 16 nitrogen and oxygen atoms in total. The molecule has 2 saturated heterocycles. The molecule has 0 unspecified atom stereocenters. The first-order valence-corrected chi connectivity index (χ1v) is 21.1. The molecule has 3 N–H and O–H groups in total. The average Bonchev–Trinajstić information content (AvgIpc) is 4.02. The molecular weight excluding hydrogens is 799 g/mol. The van der Waals surface area contributed by atoms with E-state index in [4.69, 9.17) is 59.5 Å². The number of nitrogens with two attached hydrogens (primary N) is 1. The molecule has 57 heavy (non-hydrogen) atoms. The van der Waals surface area contributed by atoms with Gasteiger partial charge in [0.15, 0.2) is 36.0 Å². The van der Waals surface area contributed by atoms with E-state index >= 15 is 0 Å². The SMILES string of the molecule is CC[C@H]1O[C@@H](n2ncc3c(Cl)nc(Cl)nc32)[C@H](OC(C)=O)[C@@H]1C.CC[C@H]1O[C@@H](n2ncc3c(NC4CCCC4)nc(Cl)nc32)[C@H](OC(C)=O)[C@@H]1C.NC1CCCC1. The van der Waals surface area contributed by atoms with Gasteiger partial charge in [0.1, 0.15) is 11.0 Å². The number of anilines is 1. The lowest BCUT2D eigenvalue weighted by Gasteiger charge is -2.21. The van der Waals surface area contributed by atoms with Crippen molar-refractivity contribution in [2.45, 2.75) is 155 Å². The van der Waals surface area contributed by atoms with Gasteiger partial charge in [-0.05, 0) is 61.7 Å². The van der Waals surface area contributed by atoms with Gasteiger partial charge < -0.3 is 30.0 Å². The number of rotatable bonds is 8. The number of fused-ring (bicyclic) bond motifs is 2. The van der Waals surface area contributed by atoms with Crippen LogP contribution in [0.4, 0.5) is 5.82 Å². The van der Waals surface area contributed by atoms with Gasteiger partial charge in [0.05, 0.1) is 35.4 Å². The third-order valence-electron chi connectivity index (χ3n) is 11.2. The first-order valence-electron chi connectivity index (χ1n) is 19.9. The number of carbonyl (C=O) groups is 2. The summed E-state index contributed by atoms with van der Waals surface area (Å²) in [6.07, 6.45) is 12.7. The highest BCUT2D eigenvalue weighted by Gasteiger charge is 2.47. The zero-order valence-electron chi connectivity index (χ0n) is 33.2. The summed E-state index contributed by atoms with van der Waals surface area (Å²) in [5, 5.41) is 14.0. The van der Waals surface area contributed by atoms with Crippen LogP contribution in [0.25, 0.3) is 22.1 Å². The van der Waals surface area contributed by atoms with Gasteiger partial charge in [-0.15, -0.1) is 0 Å². The molecule has 6 heterocycles. The molecule has 0 amide bonds. The second-order valence-corrected chi connectivity index (χ2v) is 16.3. The Morgan fingerprint density at radius 3 is 1.67 bits per heavy atom. The van der Waals surface area contributed by atoms with E-state index in [2.05, 4.69) is 42.4 Å². The van der Waals surface area contributed by atoms with E-state index in [9.17, 15) is 9.59 Å². The number of hydrogen-bond acceptors (Lipinski definition) is 14. The standard InChI is InChI=1S/C19H26ClN5O3.C14H16Cl2N4O3.C5H11N/c1-4-14-10(2)15(27-11(3)26)18(28-14)25-17-13(9-21-25)16(23-19(20)24-17)22-12-7-5-6-8-12;1-4-9-6(2)10(22-7(3)21)13(23-9)20-12-8(5-17-20)11(15)18-14(16)19-12;6-5-3-1-2-4-5/h9-10,12,14-15,18H,4-8H2,1-3H3,(H,22,23,24);5-6,9-10,13H,4H2,1-3H3;5H,1-4,6H2/t10-,14-,15-,18-;6-,9-,10-,13-;/m11./s1. The van der Waals surface area contributed by atoms with Crippen LogP contribution in [0, 0.1) is 11.8 Å². The lowest BCUT2D eigenvalue weighted by molar-refractivity contribution is -0.154. The molecular formula is C38H53Cl3N10O6. The van der Waals surface area contributed by atoms with Crippen LogP contribution in [0.5, 0.6) is 0 Å². The van der Waals surface area contributed by atoms with Gasteiger partial charge >= 0.3 is 11.9 Å². The highest BCUT2D eigenvalue weighted by Crippen LogP contribution is 2.40. The summed E-state index contributed by atoms with van der Waals surface area (Å²) in [7, 11) is 0. The van der Waals surface area contributed by atoms with Crippen LogP contribution in [-0.4, -0.2) is 87.9 Å². The number of nitrogens with zero attached hydrogens (tertiary/aromatic N) is 8. The molecule has 4 aliphatic rings. The minimum Gasteiger partial charge on any atom is -0.457 e. The van der Waals surface area contributed by atoms with Crippen LogP contribution < -0.4 is 11.1 Å².